The lowest BCUT2D eigenvalue weighted by molar-refractivity contribution is -0.116. The molecule has 0 atom stereocenters. The smallest absolute Gasteiger partial charge is 0.254 e. The van der Waals surface area contributed by atoms with Gasteiger partial charge in [-0.25, -0.2) is 0 Å². The van der Waals surface area contributed by atoms with Gasteiger partial charge in [-0.2, -0.15) is 0 Å². The Balaban J connectivity index is 1.71. The lowest BCUT2D eigenvalue weighted by atomic mass is 10.1. The monoisotopic (exact) mass is 350 g/mol. The van der Waals surface area contributed by atoms with E-state index in [1.54, 1.807) is 4.90 Å². The molecule has 3 rings (SSSR count). The van der Waals surface area contributed by atoms with E-state index >= 15 is 0 Å². The number of nitrogens with one attached hydrogen (secondary N) is 1. The summed E-state index contributed by atoms with van der Waals surface area (Å²) in [6.07, 6.45) is 4.11. The number of nitrogens with zero attached hydrogens (tertiary/aromatic N) is 1. The van der Waals surface area contributed by atoms with E-state index in [1.807, 2.05) is 50.2 Å². The first-order valence-corrected chi connectivity index (χ1v) is 9.35. The van der Waals surface area contributed by atoms with E-state index in [2.05, 4.69) is 11.4 Å². The van der Waals surface area contributed by atoms with Crippen LogP contribution in [0.2, 0.25) is 0 Å². The van der Waals surface area contributed by atoms with Gasteiger partial charge in [0.05, 0.1) is 0 Å². The number of rotatable bonds is 6. The van der Waals surface area contributed by atoms with Gasteiger partial charge in [-0.1, -0.05) is 31.2 Å². The molecule has 0 bridgehead atoms. The van der Waals surface area contributed by atoms with Crippen molar-refractivity contribution in [2.45, 2.75) is 39.5 Å². The summed E-state index contributed by atoms with van der Waals surface area (Å²) in [5.74, 6) is -0.233. The van der Waals surface area contributed by atoms with Gasteiger partial charge in [0.25, 0.3) is 5.91 Å². The standard InChI is InChI=1S/C22H26N2O2/c1-3-13-24(15-21(25)23-20-10-5-4-7-16(20)2)22(26)19-12-11-17-8-6-9-18(17)14-19/h4-5,7,10-12,14H,3,6,8-9,13,15H2,1-2H3,(H,23,25). The second-order valence-electron chi connectivity index (χ2n) is 6.93. The number of hydrogen-bond donors (Lipinski definition) is 1. The minimum absolute atomic E-state index is 0.0676. The Morgan fingerprint density at radius 2 is 1.85 bits per heavy atom. The molecule has 0 fully saturated rings. The summed E-state index contributed by atoms with van der Waals surface area (Å²) in [5, 5.41) is 2.91. The number of aryl methyl sites for hydroxylation is 3. The van der Waals surface area contributed by atoms with Crippen molar-refractivity contribution < 1.29 is 9.59 Å². The van der Waals surface area contributed by atoms with Crippen LogP contribution in [0.25, 0.3) is 0 Å². The Kier molecular flexibility index (Phi) is 5.71. The van der Waals surface area contributed by atoms with Gasteiger partial charge in [0.2, 0.25) is 5.91 Å². The van der Waals surface area contributed by atoms with Crippen molar-refractivity contribution in [2.75, 3.05) is 18.4 Å². The first-order chi connectivity index (χ1) is 12.6. The van der Waals surface area contributed by atoms with E-state index in [4.69, 9.17) is 0 Å². The molecule has 1 N–H and O–H groups in total. The van der Waals surface area contributed by atoms with Crippen LogP contribution in [0.5, 0.6) is 0 Å². The molecule has 0 heterocycles. The summed E-state index contributed by atoms with van der Waals surface area (Å²) in [4.78, 5) is 27.0. The van der Waals surface area contributed by atoms with Crippen molar-refractivity contribution in [3.63, 3.8) is 0 Å². The Bertz CT molecular complexity index is 814. The van der Waals surface area contributed by atoms with E-state index < -0.39 is 0 Å². The van der Waals surface area contributed by atoms with E-state index in [1.165, 1.54) is 11.1 Å². The summed E-state index contributed by atoms with van der Waals surface area (Å²) in [7, 11) is 0. The molecule has 26 heavy (non-hydrogen) atoms. The van der Waals surface area contributed by atoms with Gasteiger partial charge in [-0.3, -0.25) is 9.59 Å². The summed E-state index contributed by atoms with van der Waals surface area (Å²) in [6, 6.07) is 13.6. The molecule has 4 heteroatoms. The van der Waals surface area contributed by atoms with Crippen molar-refractivity contribution in [1.29, 1.82) is 0 Å². The van der Waals surface area contributed by atoms with Gasteiger partial charge in [0.1, 0.15) is 6.54 Å². The number of carbonyl (C=O) groups excluding carboxylic acids is 2. The SMILES string of the molecule is CCCN(CC(=O)Nc1ccccc1C)C(=O)c1ccc2c(c1)CCC2. The molecule has 2 amide bonds. The third kappa shape index (κ3) is 4.13. The summed E-state index contributed by atoms with van der Waals surface area (Å²) < 4.78 is 0. The molecule has 1 aliphatic rings. The normalized spacial score (nSPS) is 12.5. The fourth-order valence-electron chi connectivity index (χ4n) is 3.49. The highest BCUT2D eigenvalue weighted by Gasteiger charge is 2.20. The Morgan fingerprint density at radius 3 is 2.62 bits per heavy atom. The number of fused-ring (bicyclic) bond motifs is 1. The predicted octanol–water partition coefficient (Wildman–Crippen LogP) is 3.97. The summed E-state index contributed by atoms with van der Waals surface area (Å²) in [6.45, 7) is 4.60. The molecule has 0 aromatic heterocycles. The maximum absolute atomic E-state index is 12.9. The van der Waals surface area contributed by atoms with Gasteiger partial charge < -0.3 is 10.2 Å². The van der Waals surface area contributed by atoms with Crippen LogP contribution in [0.15, 0.2) is 42.5 Å². The highest BCUT2D eigenvalue weighted by atomic mass is 16.2. The third-order valence-corrected chi connectivity index (χ3v) is 4.88. The van der Waals surface area contributed by atoms with Crippen LogP contribution in [-0.4, -0.2) is 29.8 Å². The lowest BCUT2D eigenvalue weighted by Crippen LogP contribution is -2.38. The average molecular weight is 350 g/mol. The fourth-order valence-corrected chi connectivity index (χ4v) is 3.49. The Hall–Kier alpha value is -2.62. The molecule has 4 nitrogen and oxygen atoms in total. The zero-order valence-corrected chi connectivity index (χ0v) is 15.5. The maximum atomic E-state index is 12.9. The first kappa shape index (κ1) is 18.2. The molecule has 2 aromatic rings. The number of hydrogen-bond acceptors (Lipinski definition) is 2. The van der Waals surface area contributed by atoms with Crippen molar-refractivity contribution >= 4 is 17.5 Å². The van der Waals surface area contributed by atoms with E-state index in [0.717, 1.165) is 36.9 Å². The fraction of sp³-hybridized carbons (Fsp3) is 0.364. The third-order valence-electron chi connectivity index (χ3n) is 4.88. The van der Waals surface area contributed by atoms with Crippen molar-refractivity contribution in [3.05, 3.63) is 64.7 Å². The number of benzene rings is 2. The number of para-hydroxylation sites is 1. The van der Waals surface area contributed by atoms with Crippen LogP contribution < -0.4 is 5.32 Å². The van der Waals surface area contributed by atoms with Gasteiger partial charge in [-0.05, 0) is 67.5 Å². The molecule has 1 aliphatic carbocycles. The highest BCUT2D eigenvalue weighted by Crippen LogP contribution is 2.23. The second kappa shape index (κ2) is 8.17. The molecule has 2 aromatic carbocycles. The molecule has 0 aliphatic heterocycles. The Morgan fingerprint density at radius 1 is 1.08 bits per heavy atom. The quantitative estimate of drug-likeness (QED) is 0.857. The first-order valence-electron chi connectivity index (χ1n) is 9.35. The van der Waals surface area contributed by atoms with Gasteiger partial charge >= 0.3 is 0 Å². The highest BCUT2D eigenvalue weighted by molar-refractivity contribution is 5.99. The average Bonchev–Trinajstić information content (AvgIpc) is 3.10. The van der Waals surface area contributed by atoms with Crippen LogP contribution in [-0.2, 0) is 17.6 Å². The number of anilines is 1. The van der Waals surface area contributed by atoms with Gasteiger partial charge in [-0.15, -0.1) is 0 Å². The number of amides is 2. The Labute approximate surface area is 155 Å². The minimum Gasteiger partial charge on any atom is -0.329 e. The van der Waals surface area contributed by atoms with E-state index in [-0.39, 0.29) is 18.4 Å². The van der Waals surface area contributed by atoms with Gasteiger partial charge in [0.15, 0.2) is 0 Å². The zero-order valence-electron chi connectivity index (χ0n) is 15.5. The minimum atomic E-state index is -0.165. The molecule has 136 valence electrons. The van der Waals surface area contributed by atoms with Crippen LogP contribution in [0.3, 0.4) is 0 Å². The molecule has 0 unspecified atom stereocenters. The van der Waals surface area contributed by atoms with Crippen LogP contribution in [0.4, 0.5) is 5.69 Å². The molecule has 0 radical (unpaired) electrons. The summed E-state index contributed by atoms with van der Waals surface area (Å²) in [5.41, 5.74) is 5.10. The van der Waals surface area contributed by atoms with Crippen molar-refractivity contribution in [1.82, 2.24) is 4.90 Å². The van der Waals surface area contributed by atoms with Crippen molar-refractivity contribution in [2.24, 2.45) is 0 Å². The largest absolute Gasteiger partial charge is 0.329 e. The molecule has 0 saturated heterocycles. The van der Waals surface area contributed by atoms with Crippen LogP contribution in [0.1, 0.15) is 46.8 Å². The van der Waals surface area contributed by atoms with Gasteiger partial charge in [0, 0.05) is 17.8 Å². The second-order valence-corrected chi connectivity index (χ2v) is 6.93. The molecular weight excluding hydrogens is 324 g/mol. The molecule has 0 saturated carbocycles. The molecular formula is C22H26N2O2. The van der Waals surface area contributed by atoms with E-state index in [9.17, 15) is 9.59 Å². The summed E-state index contributed by atoms with van der Waals surface area (Å²) >= 11 is 0. The molecule has 0 spiro atoms. The van der Waals surface area contributed by atoms with Crippen LogP contribution >= 0.6 is 0 Å². The lowest BCUT2D eigenvalue weighted by Gasteiger charge is -2.22. The number of carbonyl (C=O) groups is 2. The maximum Gasteiger partial charge on any atom is 0.254 e. The van der Waals surface area contributed by atoms with Crippen molar-refractivity contribution in [3.8, 4) is 0 Å². The van der Waals surface area contributed by atoms with Crippen LogP contribution in [0, 0.1) is 6.92 Å². The predicted molar refractivity (Wildman–Crippen MR) is 104 cm³/mol. The van der Waals surface area contributed by atoms with E-state index in [0.29, 0.717) is 12.1 Å². The topological polar surface area (TPSA) is 49.4 Å². The zero-order chi connectivity index (χ0) is 18.5.